The van der Waals surface area contributed by atoms with Crippen LogP contribution in [0.2, 0.25) is 0 Å². The molecule has 1 fully saturated rings. The lowest BCUT2D eigenvalue weighted by Gasteiger charge is -2.33. The van der Waals surface area contributed by atoms with Crippen molar-refractivity contribution in [3.05, 3.63) is 78.4 Å². The maximum Gasteiger partial charge on any atom is 0.242 e. The number of morpholine rings is 1. The van der Waals surface area contributed by atoms with Crippen LogP contribution in [0.15, 0.2) is 67.3 Å². The summed E-state index contributed by atoms with van der Waals surface area (Å²) >= 11 is 0. The Morgan fingerprint density at radius 1 is 1.11 bits per heavy atom. The van der Waals surface area contributed by atoms with E-state index in [9.17, 15) is 4.79 Å². The smallest absolute Gasteiger partial charge is 0.242 e. The first-order valence-electron chi connectivity index (χ1n) is 9.40. The minimum atomic E-state index is -0.380. The quantitative estimate of drug-likeness (QED) is 0.711. The predicted octanol–water partition coefficient (Wildman–Crippen LogP) is 1.96. The maximum atomic E-state index is 13.2. The molecule has 7 heteroatoms. The van der Waals surface area contributed by atoms with E-state index in [0.29, 0.717) is 19.8 Å². The number of carbonyl (C=O) groups excluding carboxylic acids is 1. The second-order valence-corrected chi connectivity index (χ2v) is 6.63. The highest BCUT2D eigenvalue weighted by Crippen LogP contribution is 2.22. The first-order chi connectivity index (χ1) is 13.8. The van der Waals surface area contributed by atoms with Gasteiger partial charge in [0.25, 0.3) is 0 Å². The average Bonchev–Trinajstić information content (AvgIpc) is 3.29. The number of nitrogens with one attached hydrogen (secondary N) is 1. The Balaban J connectivity index is 1.53. The van der Waals surface area contributed by atoms with Gasteiger partial charge in [0.1, 0.15) is 6.04 Å². The number of nitrogens with zero attached hydrogens (tertiary/aromatic N) is 4. The lowest BCUT2D eigenvalue weighted by atomic mass is 10.1. The van der Waals surface area contributed by atoms with Crippen LogP contribution in [0.1, 0.15) is 17.2 Å². The molecule has 0 spiro atoms. The Labute approximate surface area is 164 Å². The molecule has 3 heterocycles. The van der Waals surface area contributed by atoms with Crippen LogP contribution in [0.25, 0.3) is 5.69 Å². The molecule has 1 aromatic carbocycles. The number of amides is 1. The number of pyridine rings is 1. The third-order valence-electron chi connectivity index (χ3n) is 4.86. The van der Waals surface area contributed by atoms with Crippen LogP contribution in [0, 0.1) is 0 Å². The number of hydrogen-bond acceptors (Lipinski definition) is 5. The fourth-order valence-corrected chi connectivity index (χ4v) is 3.48. The van der Waals surface area contributed by atoms with Gasteiger partial charge < -0.3 is 10.1 Å². The van der Waals surface area contributed by atoms with Crippen LogP contribution < -0.4 is 5.32 Å². The SMILES string of the molecule is O=C(NCc1ccccc1-n1cccn1)[C@@H](c1cccnc1)N1CCOCC1. The average molecular weight is 377 g/mol. The zero-order chi connectivity index (χ0) is 19.2. The van der Waals surface area contributed by atoms with E-state index in [-0.39, 0.29) is 11.9 Å². The third-order valence-corrected chi connectivity index (χ3v) is 4.86. The molecule has 144 valence electrons. The zero-order valence-electron chi connectivity index (χ0n) is 15.6. The summed E-state index contributed by atoms with van der Waals surface area (Å²) in [6, 6.07) is 13.2. The van der Waals surface area contributed by atoms with Gasteiger partial charge in [-0.15, -0.1) is 0 Å². The van der Waals surface area contributed by atoms with Gasteiger partial charge in [-0.05, 0) is 29.3 Å². The van der Waals surface area contributed by atoms with Gasteiger partial charge in [-0.3, -0.25) is 14.7 Å². The molecule has 1 atom stereocenters. The van der Waals surface area contributed by atoms with E-state index in [0.717, 1.165) is 29.9 Å². The largest absolute Gasteiger partial charge is 0.379 e. The number of benzene rings is 1. The number of hydrogen-bond donors (Lipinski definition) is 1. The van der Waals surface area contributed by atoms with Crippen molar-refractivity contribution in [1.82, 2.24) is 25.0 Å². The fraction of sp³-hybridized carbons (Fsp3) is 0.286. The Hall–Kier alpha value is -3.03. The third kappa shape index (κ3) is 4.11. The molecule has 0 radical (unpaired) electrons. The molecule has 1 saturated heterocycles. The summed E-state index contributed by atoms with van der Waals surface area (Å²) in [5.41, 5.74) is 2.85. The van der Waals surface area contributed by atoms with Crippen molar-refractivity contribution in [3.8, 4) is 5.69 Å². The van der Waals surface area contributed by atoms with Gasteiger partial charge >= 0.3 is 0 Å². The van der Waals surface area contributed by atoms with Crippen LogP contribution in [0.5, 0.6) is 0 Å². The molecule has 1 aliphatic rings. The molecule has 4 rings (SSSR count). The van der Waals surface area contributed by atoms with Crippen molar-refractivity contribution in [3.63, 3.8) is 0 Å². The number of para-hydroxylation sites is 1. The zero-order valence-corrected chi connectivity index (χ0v) is 15.6. The van der Waals surface area contributed by atoms with E-state index in [1.807, 2.05) is 53.3 Å². The van der Waals surface area contributed by atoms with E-state index >= 15 is 0 Å². The minimum absolute atomic E-state index is 0.0369. The summed E-state index contributed by atoms with van der Waals surface area (Å²) in [6.07, 6.45) is 7.12. The van der Waals surface area contributed by atoms with Crippen molar-refractivity contribution in [2.75, 3.05) is 26.3 Å². The summed E-state index contributed by atoms with van der Waals surface area (Å²) in [7, 11) is 0. The van der Waals surface area contributed by atoms with Gasteiger partial charge in [0.05, 0.1) is 18.9 Å². The van der Waals surface area contributed by atoms with Crippen molar-refractivity contribution in [2.24, 2.45) is 0 Å². The van der Waals surface area contributed by atoms with E-state index in [4.69, 9.17) is 4.74 Å². The first kappa shape index (κ1) is 18.3. The Morgan fingerprint density at radius 3 is 2.71 bits per heavy atom. The van der Waals surface area contributed by atoms with Crippen LogP contribution in [-0.4, -0.2) is 51.9 Å². The first-order valence-corrected chi connectivity index (χ1v) is 9.40. The second-order valence-electron chi connectivity index (χ2n) is 6.63. The highest BCUT2D eigenvalue weighted by molar-refractivity contribution is 5.83. The summed E-state index contributed by atoms with van der Waals surface area (Å²) < 4.78 is 7.26. The van der Waals surface area contributed by atoms with E-state index < -0.39 is 0 Å². The Morgan fingerprint density at radius 2 is 1.96 bits per heavy atom. The molecule has 3 aromatic rings. The van der Waals surface area contributed by atoms with Gasteiger partial charge in [-0.1, -0.05) is 24.3 Å². The van der Waals surface area contributed by atoms with Gasteiger partial charge in [0.2, 0.25) is 5.91 Å². The molecule has 1 amide bonds. The molecule has 7 nitrogen and oxygen atoms in total. The molecule has 28 heavy (non-hydrogen) atoms. The van der Waals surface area contributed by atoms with Crippen LogP contribution >= 0.6 is 0 Å². The van der Waals surface area contributed by atoms with Gasteiger partial charge in [-0.2, -0.15) is 5.10 Å². The summed E-state index contributed by atoms with van der Waals surface area (Å²) in [6.45, 7) is 3.13. The van der Waals surface area contributed by atoms with Crippen LogP contribution in [-0.2, 0) is 16.1 Å². The molecule has 0 saturated carbocycles. The monoisotopic (exact) mass is 377 g/mol. The van der Waals surface area contributed by atoms with Crippen molar-refractivity contribution < 1.29 is 9.53 Å². The topological polar surface area (TPSA) is 72.3 Å². The van der Waals surface area contributed by atoms with E-state index in [1.54, 1.807) is 18.6 Å². The number of ether oxygens (including phenoxy) is 1. The Bertz CT molecular complexity index is 892. The lowest BCUT2D eigenvalue weighted by Crippen LogP contribution is -2.45. The molecular formula is C21H23N5O2. The van der Waals surface area contributed by atoms with Crippen LogP contribution in [0.4, 0.5) is 0 Å². The molecule has 1 N–H and O–H groups in total. The molecular weight excluding hydrogens is 354 g/mol. The molecule has 0 unspecified atom stereocenters. The van der Waals surface area contributed by atoms with Gasteiger partial charge in [0.15, 0.2) is 0 Å². The van der Waals surface area contributed by atoms with Gasteiger partial charge in [0, 0.05) is 44.4 Å². The minimum Gasteiger partial charge on any atom is -0.379 e. The van der Waals surface area contributed by atoms with Crippen LogP contribution in [0.3, 0.4) is 0 Å². The standard InChI is InChI=1S/C21H23N5O2/c27-21(20(18-6-3-8-22-15-18)25-11-13-28-14-12-25)23-16-17-5-1-2-7-19(17)26-10-4-9-24-26/h1-10,15,20H,11-14,16H2,(H,23,27)/t20-/m1/s1. The van der Waals surface area contributed by atoms with Crippen molar-refractivity contribution in [1.29, 1.82) is 0 Å². The highest BCUT2D eigenvalue weighted by atomic mass is 16.5. The molecule has 0 aliphatic carbocycles. The summed E-state index contributed by atoms with van der Waals surface area (Å²) in [4.78, 5) is 19.5. The number of rotatable bonds is 6. The van der Waals surface area contributed by atoms with Gasteiger partial charge in [-0.25, -0.2) is 4.68 Å². The number of carbonyl (C=O) groups is 1. The second kappa shape index (κ2) is 8.77. The summed E-state index contributed by atoms with van der Waals surface area (Å²) in [5.74, 6) is -0.0369. The number of aromatic nitrogens is 3. The fourth-order valence-electron chi connectivity index (χ4n) is 3.48. The lowest BCUT2D eigenvalue weighted by molar-refractivity contribution is -0.128. The van der Waals surface area contributed by atoms with E-state index in [2.05, 4.69) is 20.3 Å². The van der Waals surface area contributed by atoms with Crippen molar-refractivity contribution in [2.45, 2.75) is 12.6 Å². The predicted molar refractivity (Wildman–Crippen MR) is 105 cm³/mol. The highest BCUT2D eigenvalue weighted by Gasteiger charge is 2.29. The van der Waals surface area contributed by atoms with Crippen molar-refractivity contribution >= 4 is 5.91 Å². The molecule has 0 bridgehead atoms. The molecule has 2 aromatic heterocycles. The normalized spacial score (nSPS) is 15.9. The summed E-state index contributed by atoms with van der Waals surface area (Å²) in [5, 5.41) is 7.41. The van der Waals surface area contributed by atoms with E-state index in [1.165, 1.54) is 0 Å². The Kier molecular flexibility index (Phi) is 5.75. The maximum absolute atomic E-state index is 13.2. The molecule has 1 aliphatic heterocycles.